The molecule has 262 valence electrons. The zero-order valence-corrected chi connectivity index (χ0v) is 31.2. The highest BCUT2D eigenvalue weighted by molar-refractivity contribution is 6.23. The summed E-state index contributed by atoms with van der Waals surface area (Å²) in [4.78, 5) is 0. The van der Waals surface area contributed by atoms with E-state index in [9.17, 15) is 0 Å². The van der Waals surface area contributed by atoms with Crippen molar-refractivity contribution >= 4 is 65.0 Å². The topological polar surface area (TPSA) is 13.1 Å². The van der Waals surface area contributed by atoms with E-state index in [1.807, 2.05) is 0 Å². The van der Waals surface area contributed by atoms with Gasteiger partial charge in [-0.2, -0.15) is 0 Å². The minimum Gasteiger partial charge on any atom is -0.455 e. The van der Waals surface area contributed by atoms with Crippen LogP contribution in [0.15, 0.2) is 186 Å². The largest absolute Gasteiger partial charge is 0.455 e. The van der Waals surface area contributed by atoms with Gasteiger partial charge in [0.15, 0.2) is 0 Å². The van der Waals surface area contributed by atoms with E-state index in [1.165, 1.54) is 104 Å². The quantitative estimate of drug-likeness (QED) is 0.166. The van der Waals surface area contributed by atoms with E-state index in [2.05, 4.69) is 196 Å². The van der Waals surface area contributed by atoms with Gasteiger partial charge in [0.05, 0.1) is 0 Å². The van der Waals surface area contributed by atoms with Crippen LogP contribution < -0.4 is 0 Å². The monoisotopic (exact) mass is 712 g/mol. The number of furan rings is 1. The average molecular weight is 713 g/mol. The summed E-state index contributed by atoms with van der Waals surface area (Å²) >= 11 is 0. The fraction of sp³-hybridized carbons (Fsp3) is 0.0545. The predicted octanol–water partition coefficient (Wildman–Crippen LogP) is 15.5. The molecule has 0 bridgehead atoms. The number of fused-ring (bicyclic) bond motifs is 11. The molecule has 0 fully saturated rings. The van der Waals surface area contributed by atoms with Crippen LogP contribution in [0.3, 0.4) is 0 Å². The van der Waals surface area contributed by atoms with E-state index in [0.29, 0.717) is 0 Å². The van der Waals surface area contributed by atoms with Gasteiger partial charge >= 0.3 is 0 Å². The summed E-state index contributed by atoms with van der Waals surface area (Å²) in [5.41, 5.74) is 14.6. The van der Waals surface area contributed by atoms with Crippen molar-refractivity contribution in [3.05, 3.63) is 193 Å². The summed E-state index contributed by atoms with van der Waals surface area (Å²) in [7, 11) is 0. The smallest absolute Gasteiger partial charge is 0.143 e. The molecule has 0 saturated heterocycles. The van der Waals surface area contributed by atoms with Crippen LogP contribution in [0.5, 0.6) is 0 Å². The first-order valence-corrected chi connectivity index (χ1v) is 19.6. The maximum Gasteiger partial charge on any atom is 0.143 e. The Morgan fingerprint density at radius 2 is 0.893 bits per heavy atom. The first-order valence-electron chi connectivity index (χ1n) is 19.6. The van der Waals surface area contributed by atoms with E-state index in [4.69, 9.17) is 4.42 Å². The van der Waals surface area contributed by atoms with E-state index in [0.717, 1.165) is 16.6 Å². The second kappa shape index (κ2) is 11.5. The van der Waals surface area contributed by atoms with Crippen molar-refractivity contribution in [2.45, 2.75) is 19.3 Å². The Bertz CT molecular complexity index is 3370. The van der Waals surface area contributed by atoms with Crippen molar-refractivity contribution in [1.82, 2.24) is 0 Å². The van der Waals surface area contributed by atoms with Crippen LogP contribution in [0.1, 0.15) is 25.0 Å². The second-order valence-corrected chi connectivity index (χ2v) is 16.0. The second-order valence-electron chi connectivity index (χ2n) is 16.0. The molecule has 0 spiro atoms. The van der Waals surface area contributed by atoms with Crippen molar-refractivity contribution in [2.75, 3.05) is 0 Å². The third-order valence-corrected chi connectivity index (χ3v) is 12.7. The molecule has 1 heteroatoms. The SMILES string of the molecule is CC1(C)c2ccc(-c3ccc(-c4c5ccccc5c(-c5cccc6ccccc56)c5ccccc45)cc3)cc2-c2cc3c(cc21)oc1c2ccccc2ccc31. The Hall–Kier alpha value is -6.96. The van der Waals surface area contributed by atoms with Crippen LogP contribution in [0.4, 0.5) is 0 Å². The molecule has 1 nitrogen and oxygen atoms in total. The Morgan fingerprint density at radius 3 is 1.61 bits per heavy atom. The van der Waals surface area contributed by atoms with Gasteiger partial charge in [-0.25, -0.2) is 0 Å². The van der Waals surface area contributed by atoms with Gasteiger partial charge in [0, 0.05) is 21.6 Å². The van der Waals surface area contributed by atoms with Crippen LogP contribution in [0, 0.1) is 0 Å². The molecule has 1 aliphatic carbocycles. The maximum absolute atomic E-state index is 6.62. The molecule has 1 heterocycles. The average Bonchev–Trinajstić information content (AvgIpc) is 3.73. The first kappa shape index (κ1) is 31.4. The summed E-state index contributed by atoms with van der Waals surface area (Å²) in [5, 5.41) is 12.3. The van der Waals surface area contributed by atoms with Gasteiger partial charge < -0.3 is 4.42 Å². The Labute approximate surface area is 325 Å². The predicted molar refractivity (Wildman–Crippen MR) is 238 cm³/mol. The molecule has 1 aliphatic rings. The van der Waals surface area contributed by atoms with Crippen LogP contribution >= 0.6 is 0 Å². The van der Waals surface area contributed by atoms with Crippen molar-refractivity contribution < 1.29 is 4.42 Å². The first-order chi connectivity index (χ1) is 27.5. The van der Waals surface area contributed by atoms with Crippen LogP contribution in [0.25, 0.3) is 110 Å². The van der Waals surface area contributed by atoms with Crippen molar-refractivity contribution in [2.24, 2.45) is 0 Å². The van der Waals surface area contributed by atoms with E-state index >= 15 is 0 Å². The minimum absolute atomic E-state index is 0.136. The molecule has 0 N–H and O–H groups in total. The van der Waals surface area contributed by atoms with Gasteiger partial charge in [0.2, 0.25) is 0 Å². The summed E-state index contributed by atoms with van der Waals surface area (Å²) in [5.74, 6) is 0. The highest BCUT2D eigenvalue weighted by Crippen LogP contribution is 2.52. The molecule has 11 aromatic rings. The molecule has 0 aliphatic heterocycles. The summed E-state index contributed by atoms with van der Waals surface area (Å²) < 4.78 is 6.62. The molecular formula is C55H36O. The molecular weight excluding hydrogens is 677 g/mol. The molecule has 10 aromatic carbocycles. The van der Waals surface area contributed by atoms with Gasteiger partial charge in [0.25, 0.3) is 0 Å². The van der Waals surface area contributed by atoms with Gasteiger partial charge in [-0.1, -0.05) is 172 Å². The molecule has 56 heavy (non-hydrogen) atoms. The Balaban J connectivity index is 0.993. The summed E-state index contributed by atoms with van der Waals surface area (Å²) in [6.07, 6.45) is 0. The maximum atomic E-state index is 6.62. The van der Waals surface area contributed by atoms with E-state index in [1.54, 1.807) is 0 Å². The molecule has 0 unspecified atom stereocenters. The van der Waals surface area contributed by atoms with Gasteiger partial charge in [-0.15, -0.1) is 0 Å². The third kappa shape index (κ3) is 4.37. The molecule has 12 rings (SSSR count). The van der Waals surface area contributed by atoms with Crippen LogP contribution in [-0.4, -0.2) is 0 Å². The molecule has 1 aromatic heterocycles. The summed E-state index contributed by atoms with van der Waals surface area (Å²) in [6, 6.07) is 67.2. The highest BCUT2D eigenvalue weighted by Gasteiger charge is 2.36. The Kier molecular flexibility index (Phi) is 6.46. The number of rotatable bonds is 3. The fourth-order valence-corrected chi connectivity index (χ4v) is 9.93. The number of benzene rings is 10. The van der Waals surface area contributed by atoms with Crippen molar-refractivity contribution in [3.8, 4) is 44.5 Å². The summed E-state index contributed by atoms with van der Waals surface area (Å²) in [6.45, 7) is 4.69. The lowest BCUT2D eigenvalue weighted by Crippen LogP contribution is -2.14. The number of hydrogen-bond donors (Lipinski definition) is 0. The zero-order chi connectivity index (χ0) is 37.1. The van der Waals surface area contributed by atoms with Crippen LogP contribution in [-0.2, 0) is 5.41 Å². The van der Waals surface area contributed by atoms with E-state index in [-0.39, 0.29) is 5.41 Å². The Morgan fingerprint density at radius 1 is 0.339 bits per heavy atom. The minimum atomic E-state index is -0.136. The van der Waals surface area contributed by atoms with Gasteiger partial charge in [-0.05, 0) is 118 Å². The van der Waals surface area contributed by atoms with E-state index < -0.39 is 0 Å². The zero-order valence-electron chi connectivity index (χ0n) is 31.2. The number of hydrogen-bond acceptors (Lipinski definition) is 1. The lowest BCUT2D eigenvalue weighted by molar-refractivity contribution is 0.648. The molecule has 0 saturated carbocycles. The van der Waals surface area contributed by atoms with Crippen LogP contribution in [0.2, 0.25) is 0 Å². The van der Waals surface area contributed by atoms with Gasteiger partial charge in [-0.3, -0.25) is 0 Å². The van der Waals surface area contributed by atoms with Crippen molar-refractivity contribution in [3.63, 3.8) is 0 Å². The van der Waals surface area contributed by atoms with Crippen molar-refractivity contribution in [1.29, 1.82) is 0 Å². The highest BCUT2D eigenvalue weighted by atomic mass is 16.3. The molecule has 0 radical (unpaired) electrons. The third-order valence-electron chi connectivity index (χ3n) is 12.7. The standard InChI is InChI=1S/C55H36O/c1-55(2)49-29-27-37(30-46(49)47-31-48-45-28-26-35-13-4-6-16-39(35)54(45)56-51(48)32-50(47)55)33-22-24-36(25-23-33)52-41-17-7-9-19-43(41)53(44-20-10-8-18-42(44)52)40-21-11-14-34-12-3-5-15-38(34)40/h3-32H,1-2H3. The lowest BCUT2D eigenvalue weighted by Gasteiger charge is -2.21. The molecule has 0 atom stereocenters. The fourth-order valence-electron chi connectivity index (χ4n) is 9.93. The normalized spacial score (nSPS) is 13.3. The molecule has 0 amide bonds. The van der Waals surface area contributed by atoms with Gasteiger partial charge in [0.1, 0.15) is 11.2 Å². The lowest BCUT2D eigenvalue weighted by atomic mass is 9.82.